The molecule has 3 rings (SSSR count). The van der Waals surface area contributed by atoms with E-state index >= 15 is 0 Å². The maximum Gasteiger partial charge on any atom is 0.252 e. The molecule has 0 aliphatic carbocycles. The molecule has 1 aliphatic rings. The zero-order valence-electron chi connectivity index (χ0n) is 16.2. The molecule has 0 bridgehead atoms. The molecule has 26 heavy (non-hydrogen) atoms. The average Bonchev–Trinajstić information content (AvgIpc) is 2.59. The second-order valence-electron chi connectivity index (χ2n) is 7.86. The molecule has 5 nitrogen and oxygen atoms in total. The van der Waals surface area contributed by atoms with Crippen molar-refractivity contribution >= 4 is 22.6 Å². The molecule has 1 saturated heterocycles. The van der Waals surface area contributed by atoms with Crippen molar-refractivity contribution in [1.82, 2.24) is 15.2 Å². The lowest BCUT2D eigenvalue weighted by molar-refractivity contribution is 0.0906. The van der Waals surface area contributed by atoms with Crippen LogP contribution in [0.15, 0.2) is 30.3 Å². The largest absolute Gasteiger partial charge is 0.373 e. The van der Waals surface area contributed by atoms with E-state index in [2.05, 4.69) is 41.3 Å². The van der Waals surface area contributed by atoms with Gasteiger partial charge in [0, 0.05) is 38.1 Å². The van der Waals surface area contributed by atoms with Crippen molar-refractivity contribution in [2.24, 2.45) is 11.8 Å². The van der Waals surface area contributed by atoms with Gasteiger partial charge < -0.3 is 15.5 Å². The van der Waals surface area contributed by atoms with Crippen molar-refractivity contribution in [3.05, 3.63) is 35.9 Å². The smallest absolute Gasteiger partial charge is 0.252 e. The molecule has 3 atom stereocenters. The van der Waals surface area contributed by atoms with Crippen molar-refractivity contribution in [3.8, 4) is 0 Å². The number of aromatic nitrogens is 1. The van der Waals surface area contributed by atoms with Crippen molar-refractivity contribution in [1.29, 1.82) is 0 Å². The summed E-state index contributed by atoms with van der Waals surface area (Å²) in [6.45, 7) is 9.84. The summed E-state index contributed by atoms with van der Waals surface area (Å²) in [5.74, 6) is 2.12. The molecule has 5 heteroatoms. The van der Waals surface area contributed by atoms with E-state index in [1.54, 1.807) is 0 Å². The summed E-state index contributed by atoms with van der Waals surface area (Å²) in [6.07, 6.45) is 1.30. The van der Waals surface area contributed by atoms with Crippen LogP contribution in [0.3, 0.4) is 0 Å². The predicted octanol–water partition coefficient (Wildman–Crippen LogP) is 3.37. The van der Waals surface area contributed by atoms with E-state index in [0.29, 0.717) is 11.4 Å². The predicted molar refractivity (Wildman–Crippen MR) is 108 cm³/mol. The minimum absolute atomic E-state index is 0.0364. The fourth-order valence-corrected chi connectivity index (χ4v) is 4.17. The number of carbonyl (C=O) groups excluding carboxylic acids is 1. The summed E-state index contributed by atoms with van der Waals surface area (Å²) < 4.78 is 0. The number of piperidine rings is 1. The molecule has 1 fully saturated rings. The number of nitrogens with zero attached hydrogens (tertiary/aromatic N) is 2. The molecule has 0 radical (unpaired) electrons. The van der Waals surface area contributed by atoms with Crippen LogP contribution in [-0.2, 0) is 0 Å². The van der Waals surface area contributed by atoms with Gasteiger partial charge in [-0.1, -0.05) is 32.0 Å². The first-order chi connectivity index (χ1) is 12.5. The number of para-hydroxylation sites is 1. The van der Waals surface area contributed by atoms with E-state index in [0.717, 1.165) is 42.4 Å². The quantitative estimate of drug-likeness (QED) is 0.864. The van der Waals surface area contributed by atoms with Gasteiger partial charge in [-0.15, -0.1) is 0 Å². The highest BCUT2D eigenvalue weighted by Crippen LogP contribution is 2.22. The molecule has 2 heterocycles. The first kappa shape index (κ1) is 18.6. The first-order valence-electron chi connectivity index (χ1n) is 9.57. The normalized spacial score (nSPS) is 22.2. The molecule has 0 unspecified atom stereocenters. The third-order valence-electron chi connectivity index (χ3n) is 5.07. The molecule has 0 saturated carbocycles. The molecule has 1 aliphatic heterocycles. The van der Waals surface area contributed by atoms with E-state index in [9.17, 15) is 4.79 Å². The van der Waals surface area contributed by atoms with E-state index < -0.39 is 0 Å². The Hall–Kier alpha value is -2.14. The molecular formula is C21H30N4O. The Morgan fingerprint density at radius 3 is 2.65 bits per heavy atom. The number of likely N-dealkylation sites (tertiary alicyclic amines) is 1. The number of pyridine rings is 1. The number of hydrogen-bond donors (Lipinski definition) is 2. The van der Waals surface area contributed by atoms with Gasteiger partial charge in [0.15, 0.2) is 0 Å². The van der Waals surface area contributed by atoms with Crippen LogP contribution in [0.1, 0.15) is 37.6 Å². The Morgan fingerprint density at radius 2 is 1.96 bits per heavy atom. The number of amides is 1. The second kappa shape index (κ2) is 8.04. The van der Waals surface area contributed by atoms with E-state index in [-0.39, 0.29) is 11.9 Å². The van der Waals surface area contributed by atoms with Crippen LogP contribution in [0.4, 0.5) is 5.82 Å². The van der Waals surface area contributed by atoms with Crippen molar-refractivity contribution in [2.45, 2.75) is 33.2 Å². The van der Waals surface area contributed by atoms with E-state index in [1.807, 2.05) is 37.4 Å². The number of anilines is 1. The number of carbonyl (C=O) groups is 1. The Balaban J connectivity index is 1.72. The Bertz CT molecular complexity index is 766. The van der Waals surface area contributed by atoms with Crippen LogP contribution in [0.25, 0.3) is 10.9 Å². The third kappa shape index (κ3) is 4.33. The van der Waals surface area contributed by atoms with Gasteiger partial charge >= 0.3 is 0 Å². The van der Waals surface area contributed by atoms with Gasteiger partial charge in [0.1, 0.15) is 5.82 Å². The summed E-state index contributed by atoms with van der Waals surface area (Å²) in [5, 5.41) is 7.11. The summed E-state index contributed by atoms with van der Waals surface area (Å²) >= 11 is 0. The molecule has 2 aromatic rings. The summed E-state index contributed by atoms with van der Waals surface area (Å²) in [6, 6.07) is 9.71. The van der Waals surface area contributed by atoms with Crippen LogP contribution in [0, 0.1) is 11.8 Å². The minimum atomic E-state index is -0.0364. The number of fused-ring (bicyclic) bond motifs is 1. The molecule has 0 spiro atoms. The molecule has 1 aromatic carbocycles. The van der Waals surface area contributed by atoms with Crippen molar-refractivity contribution in [2.75, 3.05) is 32.0 Å². The standard InChI is InChI=1S/C21H30N4O/c1-14-9-15(2)12-25(11-14)13-16(3)23-21(26)18-10-20(22-4)24-19-8-6-5-7-17(18)19/h5-8,10,14-16H,9,11-13H2,1-4H3,(H,22,24)(H,23,26)/t14-,15+,16-/m1/s1. The zero-order valence-corrected chi connectivity index (χ0v) is 16.2. The Labute approximate surface area is 156 Å². The van der Waals surface area contributed by atoms with Crippen LogP contribution in [-0.4, -0.2) is 48.5 Å². The molecule has 2 N–H and O–H groups in total. The summed E-state index contributed by atoms with van der Waals surface area (Å²) in [7, 11) is 1.82. The van der Waals surface area contributed by atoms with E-state index in [1.165, 1.54) is 6.42 Å². The number of rotatable bonds is 5. The third-order valence-corrected chi connectivity index (χ3v) is 5.07. The van der Waals surface area contributed by atoms with Gasteiger partial charge in [-0.05, 0) is 37.3 Å². The van der Waals surface area contributed by atoms with Gasteiger partial charge in [-0.2, -0.15) is 0 Å². The van der Waals surface area contributed by atoms with Gasteiger partial charge in [-0.3, -0.25) is 4.79 Å². The summed E-state index contributed by atoms with van der Waals surface area (Å²) in [5.41, 5.74) is 1.50. The van der Waals surface area contributed by atoms with Gasteiger partial charge in [0.25, 0.3) is 5.91 Å². The lowest BCUT2D eigenvalue weighted by Gasteiger charge is -2.36. The van der Waals surface area contributed by atoms with Gasteiger partial charge in [0.2, 0.25) is 0 Å². The molecular weight excluding hydrogens is 324 g/mol. The fourth-order valence-electron chi connectivity index (χ4n) is 4.17. The SMILES string of the molecule is CNc1cc(C(=O)N[C@H](C)CN2C[C@H](C)C[C@H](C)C2)c2ccccc2n1. The monoisotopic (exact) mass is 354 g/mol. The molecule has 1 amide bonds. The molecule has 140 valence electrons. The van der Waals surface area contributed by atoms with Crippen LogP contribution in [0.2, 0.25) is 0 Å². The highest BCUT2D eigenvalue weighted by Gasteiger charge is 2.23. The average molecular weight is 354 g/mol. The van der Waals surface area contributed by atoms with Crippen molar-refractivity contribution < 1.29 is 4.79 Å². The summed E-state index contributed by atoms with van der Waals surface area (Å²) in [4.78, 5) is 19.9. The van der Waals surface area contributed by atoms with Gasteiger partial charge in [0.05, 0.1) is 11.1 Å². The van der Waals surface area contributed by atoms with Crippen LogP contribution in [0.5, 0.6) is 0 Å². The minimum Gasteiger partial charge on any atom is -0.373 e. The topological polar surface area (TPSA) is 57.3 Å². The number of nitrogens with one attached hydrogen (secondary N) is 2. The highest BCUT2D eigenvalue weighted by atomic mass is 16.1. The maximum absolute atomic E-state index is 12.9. The van der Waals surface area contributed by atoms with Gasteiger partial charge in [-0.25, -0.2) is 4.98 Å². The fraction of sp³-hybridized carbons (Fsp3) is 0.524. The first-order valence-corrected chi connectivity index (χ1v) is 9.57. The highest BCUT2D eigenvalue weighted by molar-refractivity contribution is 6.07. The Kier molecular flexibility index (Phi) is 5.77. The Morgan fingerprint density at radius 1 is 1.27 bits per heavy atom. The lowest BCUT2D eigenvalue weighted by Crippen LogP contribution is -2.47. The second-order valence-corrected chi connectivity index (χ2v) is 7.86. The van der Waals surface area contributed by atoms with Crippen LogP contribution < -0.4 is 10.6 Å². The number of hydrogen-bond acceptors (Lipinski definition) is 4. The van der Waals surface area contributed by atoms with Crippen LogP contribution >= 0.6 is 0 Å². The van der Waals surface area contributed by atoms with Crippen molar-refractivity contribution in [3.63, 3.8) is 0 Å². The lowest BCUT2D eigenvalue weighted by atomic mass is 9.92. The molecule has 1 aromatic heterocycles. The maximum atomic E-state index is 12.9. The van der Waals surface area contributed by atoms with E-state index in [4.69, 9.17) is 0 Å². The zero-order chi connectivity index (χ0) is 18.7. The number of benzene rings is 1.